The van der Waals surface area contributed by atoms with Gasteiger partial charge in [-0.3, -0.25) is 19.3 Å². The van der Waals surface area contributed by atoms with Crippen LogP contribution < -0.4 is 10.4 Å². The first-order valence-electron chi connectivity index (χ1n) is 12.1. The van der Waals surface area contributed by atoms with E-state index in [0.717, 1.165) is 35.1 Å². The van der Waals surface area contributed by atoms with Crippen LogP contribution in [0.5, 0.6) is 5.75 Å². The molecule has 1 aromatic heterocycles. The third kappa shape index (κ3) is 3.47. The van der Waals surface area contributed by atoms with E-state index in [1.165, 1.54) is 22.0 Å². The first-order valence-corrected chi connectivity index (χ1v) is 12.1. The molecule has 3 aromatic rings. The number of amides is 1. The number of rotatable bonds is 3. The largest absolute Gasteiger partial charge is 0.502 e. The van der Waals surface area contributed by atoms with Crippen LogP contribution >= 0.6 is 0 Å². The summed E-state index contributed by atoms with van der Waals surface area (Å²) in [7, 11) is 0. The zero-order valence-corrected chi connectivity index (χ0v) is 20.8. The minimum atomic E-state index is -1.46. The molecule has 8 nitrogen and oxygen atoms in total. The minimum absolute atomic E-state index is 0.149. The van der Waals surface area contributed by atoms with Crippen molar-refractivity contribution in [3.8, 4) is 5.75 Å². The maximum absolute atomic E-state index is 13.4. The van der Waals surface area contributed by atoms with Crippen LogP contribution in [0, 0.1) is 13.8 Å². The Morgan fingerprint density at radius 3 is 2.03 bits per heavy atom. The van der Waals surface area contributed by atoms with Gasteiger partial charge in [-0.15, -0.1) is 0 Å². The molecule has 1 aliphatic heterocycles. The fourth-order valence-electron chi connectivity index (χ4n) is 5.56. The summed E-state index contributed by atoms with van der Waals surface area (Å²) >= 11 is 0. The van der Waals surface area contributed by atoms with Crippen molar-refractivity contribution in [1.29, 1.82) is 0 Å². The third-order valence-electron chi connectivity index (χ3n) is 7.46. The highest BCUT2D eigenvalue weighted by molar-refractivity contribution is 5.98. The standard InChI is InChI=1S/C28H29N3O5/c1-15(2)29-14-31(30-13-22(28(35)36)25(32)26(33)24(30)27(29)34)23-20-9-5-7-16(3)18(20)11-12-19-17(4)8-6-10-21(19)23/h5-10,13,15,23,33H,11-12,14H2,1-4H3,(H,35,36). The van der Waals surface area contributed by atoms with E-state index < -0.39 is 28.6 Å². The van der Waals surface area contributed by atoms with Gasteiger partial charge in [0, 0.05) is 12.2 Å². The molecule has 0 saturated heterocycles. The molecule has 36 heavy (non-hydrogen) atoms. The molecule has 186 valence electrons. The van der Waals surface area contributed by atoms with Crippen molar-refractivity contribution in [3.05, 3.63) is 97.5 Å². The maximum Gasteiger partial charge on any atom is 0.341 e. The van der Waals surface area contributed by atoms with Crippen LogP contribution in [0.1, 0.15) is 74.1 Å². The van der Waals surface area contributed by atoms with E-state index in [2.05, 4.69) is 38.1 Å². The SMILES string of the molecule is Cc1cccc2c1CCc1c(C)cccc1C2N1CN(C(C)C)C(=O)c2c(O)c(=O)c(C(=O)O)cn21. The Labute approximate surface area is 209 Å². The van der Waals surface area contributed by atoms with Gasteiger partial charge in [0.05, 0.1) is 6.04 Å². The lowest BCUT2D eigenvalue weighted by molar-refractivity contribution is 0.0612. The fourth-order valence-corrected chi connectivity index (χ4v) is 5.56. The van der Waals surface area contributed by atoms with E-state index >= 15 is 0 Å². The predicted octanol–water partition coefficient (Wildman–Crippen LogP) is 3.52. The van der Waals surface area contributed by atoms with Gasteiger partial charge < -0.3 is 15.1 Å². The Hall–Kier alpha value is -4.07. The number of hydrogen-bond acceptors (Lipinski definition) is 5. The molecule has 1 aliphatic carbocycles. The van der Waals surface area contributed by atoms with Crippen LogP contribution in [0.3, 0.4) is 0 Å². The number of benzene rings is 2. The monoisotopic (exact) mass is 487 g/mol. The number of carbonyl (C=O) groups excluding carboxylic acids is 1. The van der Waals surface area contributed by atoms with Gasteiger partial charge in [-0.1, -0.05) is 36.4 Å². The number of hydrogen-bond donors (Lipinski definition) is 2. The van der Waals surface area contributed by atoms with Crippen LogP contribution in [0.25, 0.3) is 0 Å². The first kappa shape index (κ1) is 23.7. The number of aryl methyl sites for hydroxylation is 2. The van der Waals surface area contributed by atoms with Crippen molar-refractivity contribution < 1.29 is 19.8 Å². The molecule has 5 rings (SSSR count). The van der Waals surface area contributed by atoms with Crippen molar-refractivity contribution in [2.24, 2.45) is 0 Å². The van der Waals surface area contributed by atoms with Gasteiger partial charge in [0.1, 0.15) is 12.2 Å². The van der Waals surface area contributed by atoms with E-state index in [9.17, 15) is 24.6 Å². The summed E-state index contributed by atoms with van der Waals surface area (Å²) in [6, 6.07) is 11.7. The summed E-state index contributed by atoms with van der Waals surface area (Å²) in [4.78, 5) is 39.6. The van der Waals surface area contributed by atoms with Gasteiger partial charge in [-0.2, -0.15) is 0 Å². The molecule has 0 spiro atoms. The third-order valence-corrected chi connectivity index (χ3v) is 7.46. The predicted molar refractivity (Wildman–Crippen MR) is 135 cm³/mol. The average molecular weight is 488 g/mol. The Morgan fingerprint density at radius 2 is 1.53 bits per heavy atom. The molecule has 0 saturated carbocycles. The maximum atomic E-state index is 13.4. The van der Waals surface area contributed by atoms with Crippen molar-refractivity contribution in [1.82, 2.24) is 9.58 Å². The number of aromatic carboxylic acids is 1. The summed E-state index contributed by atoms with van der Waals surface area (Å²) in [5, 5.41) is 22.4. The number of aromatic hydroxyl groups is 1. The quantitative estimate of drug-likeness (QED) is 0.586. The van der Waals surface area contributed by atoms with Gasteiger partial charge >= 0.3 is 5.97 Å². The molecule has 8 heteroatoms. The summed E-state index contributed by atoms with van der Waals surface area (Å²) in [5.74, 6) is -2.83. The zero-order valence-electron chi connectivity index (χ0n) is 20.8. The smallest absolute Gasteiger partial charge is 0.341 e. The van der Waals surface area contributed by atoms with Gasteiger partial charge in [-0.25, -0.2) is 4.79 Å². The van der Waals surface area contributed by atoms with Crippen molar-refractivity contribution in [3.63, 3.8) is 0 Å². The van der Waals surface area contributed by atoms with Crippen LogP contribution in [-0.2, 0) is 12.8 Å². The normalized spacial score (nSPS) is 15.4. The number of carboxylic acids is 1. The average Bonchev–Trinajstić information content (AvgIpc) is 2.99. The lowest BCUT2D eigenvalue weighted by Crippen LogP contribution is -2.57. The molecule has 0 radical (unpaired) electrons. The van der Waals surface area contributed by atoms with E-state index in [0.29, 0.717) is 0 Å². The second-order valence-electron chi connectivity index (χ2n) is 9.86. The molecule has 2 heterocycles. The topological polar surface area (TPSA) is 103 Å². The van der Waals surface area contributed by atoms with Crippen LogP contribution in [0.2, 0.25) is 0 Å². The number of carbonyl (C=O) groups is 2. The highest BCUT2D eigenvalue weighted by Crippen LogP contribution is 2.40. The van der Waals surface area contributed by atoms with Crippen molar-refractivity contribution in [2.45, 2.75) is 52.6 Å². The molecular weight excluding hydrogens is 458 g/mol. The molecule has 2 aromatic carbocycles. The minimum Gasteiger partial charge on any atom is -0.502 e. The fraction of sp³-hybridized carbons (Fsp3) is 0.321. The van der Waals surface area contributed by atoms with Gasteiger partial charge in [0.2, 0.25) is 5.43 Å². The second kappa shape index (κ2) is 8.55. The van der Waals surface area contributed by atoms with E-state index in [-0.39, 0.29) is 24.4 Å². The Kier molecular flexibility index (Phi) is 5.62. The Morgan fingerprint density at radius 1 is 0.972 bits per heavy atom. The Balaban J connectivity index is 1.86. The highest BCUT2D eigenvalue weighted by Gasteiger charge is 2.40. The summed E-state index contributed by atoms with van der Waals surface area (Å²) < 4.78 is 1.38. The summed E-state index contributed by atoms with van der Waals surface area (Å²) in [5.41, 5.74) is 4.95. The molecule has 0 unspecified atom stereocenters. The lowest BCUT2D eigenvalue weighted by atomic mass is 9.91. The van der Waals surface area contributed by atoms with Crippen LogP contribution in [-0.4, -0.2) is 44.4 Å². The van der Waals surface area contributed by atoms with Crippen molar-refractivity contribution >= 4 is 11.9 Å². The number of pyridine rings is 1. The zero-order chi connectivity index (χ0) is 25.9. The van der Waals surface area contributed by atoms with Crippen LogP contribution in [0.4, 0.5) is 0 Å². The molecule has 1 amide bonds. The van der Waals surface area contributed by atoms with Gasteiger partial charge in [-0.05, 0) is 73.9 Å². The molecule has 2 N–H and O–H groups in total. The Bertz CT molecular complexity index is 1420. The first-order chi connectivity index (χ1) is 17.1. The second-order valence-corrected chi connectivity index (χ2v) is 9.86. The molecule has 0 fully saturated rings. The summed E-state index contributed by atoms with van der Waals surface area (Å²) in [6.07, 6.45) is 2.87. The number of nitrogens with zero attached hydrogens (tertiary/aromatic N) is 3. The van der Waals surface area contributed by atoms with Gasteiger partial charge in [0.25, 0.3) is 5.91 Å². The number of carboxylic acid groups (broad SMARTS) is 1. The number of fused-ring (bicyclic) bond motifs is 3. The number of aromatic nitrogens is 1. The molecule has 0 atom stereocenters. The van der Waals surface area contributed by atoms with E-state index in [1.54, 1.807) is 4.90 Å². The van der Waals surface area contributed by atoms with Crippen LogP contribution in [0.15, 0.2) is 47.4 Å². The molecular formula is C28H29N3O5. The van der Waals surface area contributed by atoms with E-state index in [4.69, 9.17) is 0 Å². The molecule has 2 aliphatic rings. The van der Waals surface area contributed by atoms with Crippen molar-refractivity contribution in [2.75, 3.05) is 11.7 Å². The molecule has 0 bridgehead atoms. The van der Waals surface area contributed by atoms with Gasteiger partial charge in [0.15, 0.2) is 11.4 Å². The summed E-state index contributed by atoms with van der Waals surface area (Å²) in [6.45, 7) is 8.05. The highest BCUT2D eigenvalue weighted by atomic mass is 16.4. The van der Waals surface area contributed by atoms with E-state index in [1.807, 2.05) is 31.0 Å². The lowest BCUT2D eigenvalue weighted by Gasteiger charge is -2.45.